The predicted molar refractivity (Wildman–Crippen MR) is 132 cm³/mol. The second-order valence-corrected chi connectivity index (χ2v) is 8.60. The number of hydrogen-bond acceptors (Lipinski definition) is 6. The highest BCUT2D eigenvalue weighted by atomic mass is 16.7. The summed E-state index contributed by atoms with van der Waals surface area (Å²) in [5, 5.41) is 0. The average molecular weight is 473 g/mol. The van der Waals surface area contributed by atoms with Crippen molar-refractivity contribution in [3.63, 3.8) is 0 Å². The van der Waals surface area contributed by atoms with Crippen molar-refractivity contribution in [1.82, 2.24) is 0 Å². The molecule has 1 aliphatic heterocycles. The Morgan fingerprint density at radius 2 is 1.60 bits per heavy atom. The number of ether oxygens (including phenoxy) is 5. The van der Waals surface area contributed by atoms with Crippen LogP contribution < -0.4 is 9.47 Å². The van der Waals surface area contributed by atoms with Crippen LogP contribution >= 0.6 is 0 Å². The predicted octanol–water partition coefficient (Wildman–Crippen LogP) is 5.57. The van der Waals surface area contributed by atoms with Crippen molar-refractivity contribution in [1.29, 1.82) is 0 Å². The standard InChI is InChI=1S/C29H28O6/c1-31-23-14-8-19(18-26(23)32-2)9-17-27(30)33-24-15-16-25-28(24)35-29(34-25)22-12-10-21(11-13-22)20-6-4-3-5-7-20/h3-14,17-18,24-25,28-29H,15-16H2,1-2H3/b17-9+/t24-,25+,28-,29+/m0/s1. The van der Waals surface area contributed by atoms with Crippen molar-refractivity contribution in [3.05, 3.63) is 90.0 Å². The molecule has 0 unspecified atom stereocenters. The number of rotatable bonds is 7. The lowest BCUT2D eigenvalue weighted by molar-refractivity contribution is -0.151. The second kappa shape index (κ2) is 10.3. The van der Waals surface area contributed by atoms with E-state index in [0.717, 1.165) is 28.7 Å². The van der Waals surface area contributed by atoms with Gasteiger partial charge in [0.2, 0.25) is 0 Å². The summed E-state index contributed by atoms with van der Waals surface area (Å²) in [6.45, 7) is 0. The molecule has 180 valence electrons. The summed E-state index contributed by atoms with van der Waals surface area (Å²) >= 11 is 0. The minimum atomic E-state index is -0.460. The van der Waals surface area contributed by atoms with Crippen LogP contribution in [0.25, 0.3) is 17.2 Å². The molecule has 1 aliphatic carbocycles. The first kappa shape index (κ1) is 23.1. The van der Waals surface area contributed by atoms with E-state index >= 15 is 0 Å². The molecule has 0 spiro atoms. The molecule has 3 aromatic rings. The summed E-state index contributed by atoms with van der Waals surface area (Å²) in [6, 6.07) is 23.9. The fourth-order valence-electron chi connectivity index (χ4n) is 4.61. The molecule has 4 atom stereocenters. The molecule has 0 aromatic heterocycles. The topological polar surface area (TPSA) is 63.2 Å². The Morgan fingerprint density at radius 3 is 2.34 bits per heavy atom. The third-order valence-electron chi connectivity index (χ3n) is 6.42. The molecule has 6 heteroatoms. The van der Waals surface area contributed by atoms with Gasteiger partial charge in [-0.15, -0.1) is 0 Å². The molecule has 0 amide bonds. The maximum absolute atomic E-state index is 12.5. The van der Waals surface area contributed by atoms with Crippen LogP contribution in [0, 0.1) is 0 Å². The Labute approximate surface area is 205 Å². The van der Waals surface area contributed by atoms with Gasteiger partial charge in [0, 0.05) is 11.6 Å². The van der Waals surface area contributed by atoms with Gasteiger partial charge in [-0.3, -0.25) is 0 Å². The van der Waals surface area contributed by atoms with Gasteiger partial charge in [-0.1, -0.05) is 60.7 Å². The minimum Gasteiger partial charge on any atom is -0.493 e. The third kappa shape index (κ3) is 5.09. The van der Waals surface area contributed by atoms with Crippen LogP contribution in [-0.2, 0) is 19.0 Å². The highest BCUT2D eigenvalue weighted by Crippen LogP contribution is 2.41. The Kier molecular flexibility index (Phi) is 6.84. The van der Waals surface area contributed by atoms with Crippen molar-refractivity contribution >= 4 is 12.0 Å². The molecule has 35 heavy (non-hydrogen) atoms. The zero-order chi connectivity index (χ0) is 24.2. The van der Waals surface area contributed by atoms with Gasteiger partial charge in [0.25, 0.3) is 0 Å². The van der Waals surface area contributed by atoms with Crippen LogP contribution in [0.4, 0.5) is 0 Å². The van der Waals surface area contributed by atoms with Crippen LogP contribution in [0.15, 0.2) is 78.9 Å². The van der Waals surface area contributed by atoms with Crippen LogP contribution in [-0.4, -0.2) is 38.5 Å². The summed E-state index contributed by atoms with van der Waals surface area (Å²) in [7, 11) is 3.16. The second-order valence-electron chi connectivity index (χ2n) is 8.60. The smallest absolute Gasteiger partial charge is 0.331 e. The summed E-state index contributed by atoms with van der Waals surface area (Å²) < 4.78 is 28.6. The molecule has 3 aromatic carbocycles. The van der Waals surface area contributed by atoms with E-state index in [4.69, 9.17) is 23.7 Å². The number of esters is 1. The lowest BCUT2D eigenvalue weighted by atomic mass is 10.0. The molecule has 1 saturated carbocycles. The van der Waals surface area contributed by atoms with E-state index < -0.39 is 12.3 Å². The first-order valence-electron chi connectivity index (χ1n) is 11.7. The zero-order valence-corrected chi connectivity index (χ0v) is 19.8. The van der Waals surface area contributed by atoms with E-state index in [1.807, 2.05) is 36.4 Å². The lowest BCUT2D eigenvalue weighted by Crippen LogP contribution is -2.30. The van der Waals surface area contributed by atoms with E-state index in [2.05, 4.69) is 24.3 Å². The lowest BCUT2D eigenvalue weighted by Gasteiger charge is -2.18. The van der Waals surface area contributed by atoms with Gasteiger partial charge in [-0.05, 0) is 47.7 Å². The first-order valence-corrected chi connectivity index (χ1v) is 11.7. The van der Waals surface area contributed by atoms with Crippen molar-refractivity contribution in [2.75, 3.05) is 14.2 Å². The normalized spacial score (nSPS) is 23.3. The molecule has 2 aliphatic rings. The van der Waals surface area contributed by atoms with E-state index in [0.29, 0.717) is 17.9 Å². The Balaban J connectivity index is 1.19. The maximum Gasteiger partial charge on any atom is 0.331 e. The van der Waals surface area contributed by atoms with Crippen LogP contribution in [0.5, 0.6) is 11.5 Å². The average Bonchev–Trinajstić information content (AvgIpc) is 3.50. The van der Waals surface area contributed by atoms with Crippen molar-refractivity contribution < 1.29 is 28.5 Å². The summed E-state index contributed by atoms with van der Waals surface area (Å²) in [4.78, 5) is 12.5. The molecule has 1 saturated heterocycles. The van der Waals surface area contributed by atoms with Crippen molar-refractivity contribution in [2.45, 2.75) is 37.4 Å². The van der Waals surface area contributed by atoms with Gasteiger partial charge >= 0.3 is 5.97 Å². The van der Waals surface area contributed by atoms with Crippen molar-refractivity contribution in [2.24, 2.45) is 0 Å². The van der Waals surface area contributed by atoms with E-state index in [1.54, 1.807) is 32.4 Å². The van der Waals surface area contributed by atoms with Gasteiger partial charge in [-0.25, -0.2) is 4.79 Å². The summed E-state index contributed by atoms with van der Waals surface area (Å²) in [5.41, 5.74) is 4.07. The zero-order valence-electron chi connectivity index (χ0n) is 19.8. The summed E-state index contributed by atoms with van der Waals surface area (Å²) in [6.07, 6.45) is 3.47. The number of benzene rings is 3. The Bertz CT molecular complexity index is 1190. The van der Waals surface area contributed by atoms with Gasteiger partial charge in [0.15, 0.2) is 17.8 Å². The van der Waals surface area contributed by atoms with E-state index in [9.17, 15) is 4.79 Å². The van der Waals surface area contributed by atoms with E-state index in [-0.39, 0.29) is 18.3 Å². The van der Waals surface area contributed by atoms with Crippen LogP contribution in [0.1, 0.15) is 30.3 Å². The van der Waals surface area contributed by atoms with E-state index in [1.165, 1.54) is 6.08 Å². The highest BCUT2D eigenvalue weighted by Gasteiger charge is 2.47. The third-order valence-corrected chi connectivity index (χ3v) is 6.42. The van der Waals surface area contributed by atoms with Gasteiger partial charge in [0.1, 0.15) is 12.2 Å². The first-order chi connectivity index (χ1) is 17.1. The molecule has 2 fully saturated rings. The number of hydrogen-bond donors (Lipinski definition) is 0. The number of carbonyl (C=O) groups is 1. The van der Waals surface area contributed by atoms with Crippen LogP contribution in [0.3, 0.4) is 0 Å². The molecule has 0 N–H and O–H groups in total. The molecule has 5 rings (SSSR count). The molecule has 0 bridgehead atoms. The molecule has 0 radical (unpaired) electrons. The SMILES string of the molecule is COc1ccc(/C=C/C(=O)O[C@H]2CC[C@H]3O[C@@H](c4ccc(-c5ccccc5)cc4)O[C@@H]23)cc1OC. The number of carbonyl (C=O) groups excluding carboxylic acids is 1. The van der Waals surface area contributed by atoms with Gasteiger partial charge < -0.3 is 23.7 Å². The number of fused-ring (bicyclic) bond motifs is 1. The molecular weight excluding hydrogens is 444 g/mol. The fourth-order valence-corrected chi connectivity index (χ4v) is 4.61. The fraction of sp³-hybridized carbons (Fsp3) is 0.276. The largest absolute Gasteiger partial charge is 0.493 e. The van der Waals surface area contributed by atoms with Crippen molar-refractivity contribution in [3.8, 4) is 22.6 Å². The highest BCUT2D eigenvalue weighted by molar-refractivity contribution is 5.87. The van der Waals surface area contributed by atoms with Gasteiger partial charge in [-0.2, -0.15) is 0 Å². The molecule has 1 heterocycles. The Hall–Kier alpha value is -3.61. The molecular formula is C29H28O6. The Morgan fingerprint density at radius 1 is 0.857 bits per heavy atom. The van der Waals surface area contributed by atoms with Crippen LogP contribution in [0.2, 0.25) is 0 Å². The number of methoxy groups -OCH3 is 2. The monoisotopic (exact) mass is 472 g/mol. The summed E-state index contributed by atoms with van der Waals surface area (Å²) in [5.74, 6) is 0.817. The van der Waals surface area contributed by atoms with Gasteiger partial charge in [0.05, 0.1) is 20.3 Å². The quantitative estimate of drug-likeness (QED) is 0.331. The maximum atomic E-state index is 12.5. The minimum absolute atomic E-state index is 0.0820. The molecule has 6 nitrogen and oxygen atoms in total.